The third-order valence-corrected chi connectivity index (χ3v) is 2.83. The first-order valence-corrected chi connectivity index (χ1v) is 6.44. The Hall–Kier alpha value is -2.80. The molecule has 1 heterocycles. The minimum atomic E-state index is -0.656. The van der Waals surface area contributed by atoms with Crippen LogP contribution >= 0.6 is 11.6 Å². The lowest BCUT2D eigenvalue weighted by Crippen LogP contribution is -2.41. The number of benzene rings is 1. The van der Waals surface area contributed by atoms with Gasteiger partial charge in [0.2, 0.25) is 0 Å². The molecule has 0 aliphatic heterocycles. The second-order valence-corrected chi connectivity index (χ2v) is 4.41. The molecule has 1 aromatic heterocycles. The molecule has 0 spiro atoms. The zero-order valence-electron chi connectivity index (χ0n) is 11.1. The summed E-state index contributed by atoms with van der Waals surface area (Å²) in [4.78, 5) is 30.6. The fraction of sp³-hybridized carbons (Fsp3) is 0. The highest BCUT2D eigenvalue weighted by Crippen LogP contribution is 2.20. The number of carbonyl (C=O) groups excluding carboxylic acids is 2. The predicted molar refractivity (Wildman–Crippen MR) is 78.1 cm³/mol. The molecule has 0 unspecified atom stereocenters. The summed E-state index contributed by atoms with van der Waals surface area (Å²) in [6.45, 7) is 0. The molecule has 0 aliphatic carbocycles. The van der Waals surface area contributed by atoms with Gasteiger partial charge in [0.25, 0.3) is 11.8 Å². The molecule has 2 N–H and O–H groups in total. The topological polar surface area (TPSA) is 84.0 Å². The molecule has 22 heavy (non-hydrogen) atoms. The normalized spacial score (nSPS) is 10.5. The molecule has 0 fully saturated rings. The molecule has 2 aromatic rings. The van der Waals surface area contributed by atoms with Crippen LogP contribution in [-0.4, -0.2) is 21.8 Å². The largest absolute Gasteiger partial charge is 0.289 e. The summed E-state index contributed by atoms with van der Waals surface area (Å²) < 4.78 is 13.5. The lowest BCUT2D eigenvalue weighted by molar-refractivity contribution is -0.117. The number of nitrogens with one attached hydrogen (secondary N) is 2. The molecule has 6 nitrogen and oxygen atoms in total. The van der Waals surface area contributed by atoms with Gasteiger partial charge in [-0.15, -0.1) is 0 Å². The van der Waals surface area contributed by atoms with Gasteiger partial charge in [-0.1, -0.05) is 17.7 Å². The van der Waals surface area contributed by atoms with Crippen molar-refractivity contribution in [2.45, 2.75) is 0 Å². The van der Waals surface area contributed by atoms with Gasteiger partial charge in [0.1, 0.15) is 11.5 Å². The van der Waals surface area contributed by atoms with E-state index in [-0.39, 0.29) is 16.3 Å². The van der Waals surface area contributed by atoms with Gasteiger partial charge in [-0.25, -0.2) is 9.37 Å². The molecule has 0 bridgehead atoms. The van der Waals surface area contributed by atoms with Crippen molar-refractivity contribution >= 4 is 29.5 Å². The van der Waals surface area contributed by atoms with Gasteiger partial charge < -0.3 is 0 Å². The summed E-state index contributed by atoms with van der Waals surface area (Å²) in [6.07, 6.45) is 6.26. The number of hydrazine groups is 1. The highest BCUT2D eigenvalue weighted by atomic mass is 35.5. The number of rotatable bonds is 3. The van der Waals surface area contributed by atoms with Gasteiger partial charge in [-0.05, 0) is 18.2 Å². The van der Waals surface area contributed by atoms with E-state index in [9.17, 15) is 14.0 Å². The summed E-state index contributed by atoms with van der Waals surface area (Å²) in [7, 11) is 0. The van der Waals surface area contributed by atoms with Crippen molar-refractivity contribution in [1.82, 2.24) is 20.8 Å². The number of amides is 2. The van der Waals surface area contributed by atoms with E-state index in [4.69, 9.17) is 11.6 Å². The summed E-state index contributed by atoms with van der Waals surface area (Å²) in [5, 5.41) is 0.174. The van der Waals surface area contributed by atoms with Crippen LogP contribution in [-0.2, 0) is 4.79 Å². The maximum absolute atomic E-state index is 13.5. The third kappa shape index (κ3) is 4.10. The van der Waals surface area contributed by atoms with Crippen LogP contribution in [0.15, 0.2) is 42.9 Å². The summed E-state index contributed by atoms with van der Waals surface area (Å²) in [6, 6.07) is 4.17. The van der Waals surface area contributed by atoms with Gasteiger partial charge in [-0.2, -0.15) is 0 Å². The van der Waals surface area contributed by atoms with Crippen LogP contribution in [0, 0.1) is 5.82 Å². The molecule has 0 radical (unpaired) electrons. The van der Waals surface area contributed by atoms with E-state index in [0.717, 1.165) is 6.08 Å². The molecule has 2 amide bonds. The van der Waals surface area contributed by atoms with E-state index in [1.807, 2.05) is 0 Å². The Morgan fingerprint density at radius 2 is 2.05 bits per heavy atom. The minimum absolute atomic E-state index is 0.0453. The van der Waals surface area contributed by atoms with E-state index >= 15 is 0 Å². The Balaban J connectivity index is 1.93. The van der Waals surface area contributed by atoms with Gasteiger partial charge in [0, 0.05) is 24.0 Å². The molecular formula is C14H10ClFN4O2. The average Bonchev–Trinajstić information content (AvgIpc) is 2.53. The van der Waals surface area contributed by atoms with Crippen LogP contribution in [0.3, 0.4) is 0 Å². The van der Waals surface area contributed by atoms with Crippen molar-refractivity contribution in [3.63, 3.8) is 0 Å². The summed E-state index contributed by atoms with van der Waals surface area (Å²) in [5.74, 6) is -1.84. The minimum Gasteiger partial charge on any atom is -0.268 e. The smallest absolute Gasteiger partial charge is 0.268 e. The van der Waals surface area contributed by atoms with Crippen LogP contribution in [0.1, 0.15) is 16.1 Å². The van der Waals surface area contributed by atoms with Gasteiger partial charge in [0.15, 0.2) is 0 Å². The maximum atomic E-state index is 13.5. The zero-order chi connectivity index (χ0) is 15.9. The molecule has 0 atom stereocenters. The molecule has 0 aliphatic rings. The lowest BCUT2D eigenvalue weighted by Gasteiger charge is -2.04. The highest BCUT2D eigenvalue weighted by Gasteiger charge is 2.07. The molecule has 8 heteroatoms. The molecule has 112 valence electrons. The Labute approximate surface area is 130 Å². The fourth-order valence-electron chi connectivity index (χ4n) is 1.47. The van der Waals surface area contributed by atoms with Gasteiger partial charge >= 0.3 is 0 Å². The third-order valence-electron chi connectivity index (χ3n) is 2.50. The Morgan fingerprint density at radius 3 is 2.73 bits per heavy atom. The second-order valence-electron chi connectivity index (χ2n) is 4.00. The van der Waals surface area contributed by atoms with E-state index < -0.39 is 17.6 Å². The van der Waals surface area contributed by atoms with Crippen LogP contribution in [0.25, 0.3) is 6.08 Å². The lowest BCUT2D eigenvalue weighted by atomic mass is 10.2. The monoisotopic (exact) mass is 320 g/mol. The Morgan fingerprint density at radius 1 is 1.23 bits per heavy atom. The van der Waals surface area contributed by atoms with Crippen molar-refractivity contribution in [3.8, 4) is 0 Å². The van der Waals surface area contributed by atoms with Crippen molar-refractivity contribution in [3.05, 3.63) is 65.0 Å². The van der Waals surface area contributed by atoms with Crippen LogP contribution < -0.4 is 10.9 Å². The van der Waals surface area contributed by atoms with Crippen LogP contribution in [0.2, 0.25) is 5.02 Å². The standard InChI is InChI=1S/C14H10ClFN4O2/c15-10-2-1-3-11(16)9(10)4-5-13(21)19-20-14(22)12-8-17-6-7-18-12/h1-8H,(H,19,21)(H,20,22)/b5-4+. The second kappa shape index (κ2) is 7.28. The first-order valence-electron chi connectivity index (χ1n) is 6.06. The maximum Gasteiger partial charge on any atom is 0.289 e. The first-order chi connectivity index (χ1) is 10.6. The molecule has 2 rings (SSSR count). The highest BCUT2D eigenvalue weighted by molar-refractivity contribution is 6.32. The van der Waals surface area contributed by atoms with Crippen molar-refractivity contribution in [2.75, 3.05) is 0 Å². The quantitative estimate of drug-likeness (QED) is 0.666. The Kier molecular flexibility index (Phi) is 5.16. The van der Waals surface area contributed by atoms with Crippen molar-refractivity contribution in [2.24, 2.45) is 0 Å². The average molecular weight is 321 g/mol. The van der Waals surface area contributed by atoms with E-state index in [2.05, 4.69) is 20.8 Å². The number of carbonyl (C=O) groups is 2. The fourth-order valence-corrected chi connectivity index (χ4v) is 1.70. The summed E-state index contributed by atoms with van der Waals surface area (Å²) in [5.41, 5.74) is 4.40. The van der Waals surface area contributed by atoms with E-state index in [1.165, 1.54) is 42.9 Å². The van der Waals surface area contributed by atoms with E-state index in [1.54, 1.807) is 0 Å². The molecule has 0 saturated carbocycles. The van der Waals surface area contributed by atoms with E-state index in [0.29, 0.717) is 0 Å². The zero-order valence-corrected chi connectivity index (χ0v) is 11.8. The number of halogens is 2. The first kappa shape index (κ1) is 15.6. The predicted octanol–water partition coefficient (Wildman–Crippen LogP) is 1.74. The number of nitrogens with zero attached hydrogens (tertiary/aromatic N) is 2. The van der Waals surface area contributed by atoms with Crippen LogP contribution in [0.5, 0.6) is 0 Å². The Bertz CT molecular complexity index is 702. The van der Waals surface area contributed by atoms with Crippen LogP contribution in [0.4, 0.5) is 4.39 Å². The van der Waals surface area contributed by atoms with Gasteiger partial charge in [-0.3, -0.25) is 25.4 Å². The molecule has 0 saturated heterocycles. The van der Waals surface area contributed by atoms with Gasteiger partial charge in [0.05, 0.1) is 11.2 Å². The SMILES string of the molecule is O=C(/C=C/c1c(F)cccc1Cl)NNC(=O)c1cnccn1. The number of aromatic nitrogens is 2. The van der Waals surface area contributed by atoms with Crippen molar-refractivity contribution < 1.29 is 14.0 Å². The summed E-state index contributed by atoms with van der Waals surface area (Å²) >= 11 is 5.81. The number of hydrogen-bond acceptors (Lipinski definition) is 4. The number of hydrogen-bond donors (Lipinski definition) is 2. The van der Waals surface area contributed by atoms with Crippen molar-refractivity contribution in [1.29, 1.82) is 0 Å². The molecular weight excluding hydrogens is 311 g/mol. The molecule has 1 aromatic carbocycles.